The summed E-state index contributed by atoms with van der Waals surface area (Å²) >= 11 is 2.01. The maximum absolute atomic E-state index is 11.8. The molecule has 0 spiro atoms. The number of rotatable bonds is 4. The third-order valence-electron chi connectivity index (χ3n) is 2.71. The van der Waals surface area contributed by atoms with Crippen LogP contribution in [0.4, 0.5) is 10.5 Å². The van der Waals surface area contributed by atoms with Crippen LogP contribution >= 0.6 is 22.6 Å². The maximum atomic E-state index is 11.8. The summed E-state index contributed by atoms with van der Waals surface area (Å²) in [7, 11) is 1.53. The first-order valence-electron chi connectivity index (χ1n) is 6.31. The van der Waals surface area contributed by atoms with E-state index < -0.39 is 6.03 Å². The predicted octanol–water partition coefficient (Wildman–Crippen LogP) is 3.16. The van der Waals surface area contributed by atoms with Crippen molar-refractivity contribution in [3.05, 3.63) is 51.6 Å². The highest BCUT2D eigenvalue weighted by atomic mass is 127. The van der Waals surface area contributed by atoms with E-state index in [1.165, 1.54) is 13.3 Å². The molecule has 0 bridgehead atoms. The molecule has 0 saturated carbocycles. The number of hydrogen-bond acceptors (Lipinski definition) is 4. The average molecular weight is 411 g/mol. The van der Waals surface area contributed by atoms with Gasteiger partial charge in [0, 0.05) is 0 Å². The number of aromatic hydroxyl groups is 1. The van der Waals surface area contributed by atoms with Gasteiger partial charge in [0.15, 0.2) is 0 Å². The number of phenolic OH excluding ortho intramolecular Hbond substituents is 1. The molecule has 6 nitrogen and oxygen atoms in total. The number of carbonyl (C=O) groups excluding carboxylic acids is 1. The van der Waals surface area contributed by atoms with E-state index in [0.717, 1.165) is 5.56 Å². The number of para-hydroxylation sites is 2. The van der Waals surface area contributed by atoms with Gasteiger partial charge in [-0.3, -0.25) is 0 Å². The van der Waals surface area contributed by atoms with Crippen LogP contribution in [0.2, 0.25) is 0 Å². The van der Waals surface area contributed by atoms with E-state index >= 15 is 0 Å². The molecule has 0 heterocycles. The molecule has 0 fully saturated rings. The SMILES string of the molecule is COc1ccccc1NC(=O)N/N=C/c1ccc(O)c(I)c1. The van der Waals surface area contributed by atoms with Crippen LogP contribution < -0.4 is 15.5 Å². The minimum Gasteiger partial charge on any atom is -0.507 e. The Balaban J connectivity index is 1.95. The lowest BCUT2D eigenvalue weighted by atomic mass is 10.2. The zero-order valence-electron chi connectivity index (χ0n) is 11.7. The largest absolute Gasteiger partial charge is 0.507 e. The fraction of sp³-hybridized carbons (Fsp3) is 0.0667. The summed E-state index contributed by atoms with van der Waals surface area (Å²) in [6.45, 7) is 0. The normalized spacial score (nSPS) is 10.5. The molecule has 114 valence electrons. The summed E-state index contributed by atoms with van der Waals surface area (Å²) < 4.78 is 5.85. The second kappa shape index (κ2) is 7.64. The molecule has 0 radical (unpaired) electrons. The van der Waals surface area contributed by atoms with Crippen LogP contribution in [-0.4, -0.2) is 24.5 Å². The number of carbonyl (C=O) groups is 1. The van der Waals surface area contributed by atoms with Crippen molar-refractivity contribution in [2.45, 2.75) is 0 Å². The van der Waals surface area contributed by atoms with E-state index in [9.17, 15) is 9.90 Å². The quantitative estimate of drug-likeness (QED) is 0.411. The molecule has 2 aromatic carbocycles. The molecule has 0 aliphatic carbocycles. The second-order valence-corrected chi connectivity index (χ2v) is 5.40. The van der Waals surface area contributed by atoms with Gasteiger partial charge in [-0.25, -0.2) is 10.2 Å². The summed E-state index contributed by atoms with van der Waals surface area (Å²) in [5.41, 5.74) is 3.68. The first-order chi connectivity index (χ1) is 10.6. The third kappa shape index (κ3) is 4.35. The summed E-state index contributed by atoms with van der Waals surface area (Å²) in [5, 5.41) is 15.9. The number of hydrazone groups is 1. The molecule has 0 atom stereocenters. The average Bonchev–Trinajstić information content (AvgIpc) is 2.51. The molecule has 3 N–H and O–H groups in total. The number of benzene rings is 2. The maximum Gasteiger partial charge on any atom is 0.339 e. The molecule has 0 aromatic heterocycles. The number of amides is 2. The Labute approximate surface area is 141 Å². The molecule has 7 heteroatoms. The van der Waals surface area contributed by atoms with Crippen LogP contribution in [-0.2, 0) is 0 Å². The second-order valence-electron chi connectivity index (χ2n) is 4.24. The van der Waals surface area contributed by atoms with Crippen molar-refractivity contribution in [3.63, 3.8) is 0 Å². The van der Waals surface area contributed by atoms with Crippen molar-refractivity contribution < 1.29 is 14.6 Å². The number of ether oxygens (including phenoxy) is 1. The Morgan fingerprint density at radius 3 is 2.82 bits per heavy atom. The molecule has 0 unspecified atom stereocenters. The van der Waals surface area contributed by atoms with Crippen molar-refractivity contribution >= 4 is 40.5 Å². The third-order valence-corrected chi connectivity index (χ3v) is 3.57. The van der Waals surface area contributed by atoms with E-state index in [-0.39, 0.29) is 5.75 Å². The number of urea groups is 1. The summed E-state index contributed by atoms with van der Waals surface area (Å²) in [6, 6.07) is 11.6. The Morgan fingerprint density at radius 2 is 2.09 bits per heavy atom. The number of hydrogen-bond donors (Lipinski definition) is 3. The lowest BCUT2D eigenvalue weighted by Crippen LogP contribution is -2.24. The molecule has 2 aromatic rings. The fourth-order valence-electron chi connectivity index (χ4n) is 1.67. The zero-order chi connectivity index (χ0) is 15.9. The zero-order valence-corrected chi connectivity index (χ0v) is 13.9. The van der Waals surface area contributed by atoms with Crippen LogP contribution in [0.5, 0.6) is 11.5 Å². The Bertz CT molecular complexity index is 704. The minimum atomic E-state index is -0.478. The molecule has 0 aliphatic rings. The van der Waals surface area contributed by atoms with E-state index in [0.29, 0.717) is 15.0 Å². The summed E-state index contributed by atoms with van der Waals surface area (Å²) in [4.78, 5) is 11.8. The highest BCUT2D eigenvalue weighted by Gasteiger charge is 2.05. The van der Waals surface area contributed by atoms with Crippen LogP contribution in [0.15, 0.2) is 47.6 Å². The van der Waals surface area contributed by atoms with Gasteiger partial charge < -0.3 is 15.2 Å². The van der Waals surface area contributed by atoms with Gasteiger partial charge in [0.2, 0.25) is 0 Å². The van der Waals surface area contributed by atoms with E-state index in [2.05, 4.69) is 15.8 Å². The Kier molecular flexibility index (Phi) is 5.59. The van der Waals surface area contributed by atoms with Crippen molar-refractivity contribution in [2.75, 3.05) is 12.4 Å². The van der Waals surface area contributed by atoms with Gasteiger partial charge in [-0.1, -0.05) is 12.1 Å². The monoisotopic (exact) mass is 411 g/mol. The summed E-state index contributed by atoms with van der Waals surface area (Å²) in [6.07, 6.45) is 1.49. The van der Waals surface area contributed by atoms with E-state index in [4.69, 9.17) is 4.74 Å². The minimum absolute atomic E-state index is 0.208. The standard InChI is InChI=1S/C15H14IN3O3/c1-22-14-5-3-2-4-12(14)18-15(21)19-17-9-10-6-7-13(20)11(16)8-10/h2-9,20H,1H3,(H2,18,19,21)/b17-9+. The van der Waals surface area contributed by atoms with Crippen molar-refractivity contribution in [3.8, 4) is 11.5 Å². The van der Waals surface area contributed by atoms with E-state index in [1.807, 2.05) is 28.7 Å². The number of nitrogens with zero attached hydrogens (tertiary/aromatic N) is 1. The van der Waals surface area contributed by atoms with Gasteiger partial charge in [-0.2, -0.15) is 5.10 Å². The highest BCUT2D eigenvalue weighted by molar-refractivity contribution is 14.1. The Morgan fingerprint density at radius 1 is 1.32 bits per heavy atom. The molecule has 0 aliphatic heterocycles. The van der Waals surface area contributed by atoms with Crippen molar-refractivity contribution in [1.29, 1.82) is 0 Å². The van der Waals surface area contributed by atoms with Crippen LogP contribution in [0, 0.1) is 3.57 Å². The number of nitrogens with one attached hydrogen (secondary N) is 2. The van der Waals surface area contributed by atoms with Crippen molar-refractivity contribution in [2.24, 2.45) is 5.10 Å². The number of methoxy groups -OCH3 is 1. The molecular formula is C15H14IN3O3. The van der Waals surface area contributed by atoms with Crippen molar-refractivity contribution in [1.82, 2.24) is 5.43 Å². The molecular weight excluding hydrogens is 397 g/mol. The summed E-state index contributed by atoms with van der Waals surface area (Å²) in [5.74, 6) is 0.773. The lowest BCUT2D eigenvalue weighted by molar-refractivity contribution is 0.252. The number of anilines is 1. The predicted molar refractivity (Wildman–Crippen MR) is 93.6 cm³/mol. The van der Waals surface area contributed by atoms with Gasteiger partial charge in [0.1, 0.15) is 11.5 Å². The number of halogens is 1. The van der Waals surface area contributed by atoms with Gasteiger partial charge in [0.05, 0.1) is 22.6 Å². The lowest BCUT2D eigenvalue weighted by Gasteiger charge is -2.08. The van der Waals surface area contributed by atoms with Crippen LogP contribution in [0.25, 0.3) is 0 Å². The molecule has 0 saturated heterocycles. The van der Waals surface area contributed by atoms with Gasteiger partial charge in [0.25, 0.3) is 0 Å². The molecule has 22 heavy (non-hydrogen) atoms. The van der Waals surface area contributed by atoms with Gasteiger partial charge >= 0.3 is 6.03 Å². The Hall–Kier alpha value is -2.29. The van der Waals surface area contributed by atoms with Gasteiger partial charge in [-0.15, -0.1) is 0 Å². The smallest absolute Gasteiger partial charge is 0.339 e. The fourth-order valence-corrected chi connectivity index (χ4v) is 2.21. The van der Waals surface area contributed by atoms with Gasteiger partial charge in [-0.05, 0) is 58.5 Å². The molecule has 2 rings (SSSR count). The first-order valence-corrected chi connectivity index (χ1v) is 7.39. The topological polar surface area (TPSA) is 83.0 Å². The van der Waals surface area contributed by atoms with E-state index in [1.54, 1.807) is 36.4 Å². The van der Waals surface area contributed by atoms with Crippen LogP contribution in [0.1, 0.15) is 5.56 Å². The highest BCUT2D eigenvalue weighted by Crippen LogP contribution is 2.22. The first kappa shape index (κ1) is 16.1. The molecule has 2 amide bonds. The van der Waals surface area contributed by atoms with Crippen LogP contribution in [0.3, 0.4) is 0 Å². The number of phenols is 1.